The van der Waals surface area contributed by atoms with Gasteiger partial charge in [-0.05, 0) is 33.3 Å². The van der Waals surface area contributed by atoms with Crippen LogP contribution in [0.25, 0.3) is 0 Å². The molecule has 5 nitrogen and oxygen atoms in total. The summed E-state index contributed by atoms with van der Waals surface area (Å²) in [5, 5.41) is 6.54. The highest BCUT2D eigenvalue weighted by Crippen LogP contribution is 2.10. The van der Waals surface area contributed by atoms with Gasteiger partial charge in [0.25, 0.3) is 0 Å². The zero-order valence-corrected chi connectivity index (χ0v) is 15.6. The lowest BCUT2D eigenvalue weighted by atomic mass is 10.2. The van der Waals surface area contributed by atoms with Gasteiger partial charge in [-0.1, -0.05) is 18.2 Å². The highest BCUT2D eigenvalue weighted by atomic mass is 19.1. The smallest absolute Gasteiger partial charge is 0.191 e. The molecule has 0 spiro atoms. The van der Waals surface area contributed by atoms with Crippen LogP contribution < -0.4 is 10.6 Å². The Morgan fingerprint density at radius 3 is 2.64 bits per heavy atom. The zero-order valence-electron chi connectivity index (χ0n) is 15.6. The minimum atomic E-state index is -0.211. The number of morpholine rings is 1. The number of rotatable bonds is 7. The van der Waals surface area contributed by atoms with Crippen molar-refractivity contribution in [3.63, 3.8) is 0 Å². The van der Waals surface area contributed by atoms with Crippen LogP contribution in [0.5, 0.6) is 0 Å². The maximum Gasteiger partial charge on any atom is 0.191 e. The summed E-state index contributed by atoms with van der Waals surface area (Å²) in [5.74, 6) is 0.520. The molecule has 25 heavy (non-hydrogen) atoms. The lowest BCUT2D eigenvalue weighted by Crippen LogP contribution is -2.46. The van der Waals surface area contributed by atoms with Gasteiger partial charge in [-0.25, -0.2) is 9.38 Å². The molecular formula is C19H31FN4O. The number of aliphatic imine (C=N–C) groups is 1. The SMILES string of the molecule is CCNC(=NCc1ccccc1F)NCCCN1CC(C)OC(C)C1. The van der Waals surface area contributed by atoms with Crippen LogP contribution in [0.3, 0.4) is 0 Å². The predicted molar refractivity (Wildman–Crippen MR) is 100 cm³/mol. The van der Waals surface area contributed by atoms with E-state index in [4.69, 9.17) is 4.74 Å². The molecule has 2 N–H and O–H groups in total. The fourth-order valence-corrected chi connectivity index (χ4v) is 3.11. The van der Waals surface area contributed by atoms with Crippen LogP contribution in [-0.2, 0) is 11.3 Å². The molecule has 1 aliphatic rings. The van der Waals surface area contributed by atoms with Gasteiger partial charge in [0.05, 0.1) is 18.8 Å². The molecule has 0 saturated carbocycles. The van der Waals surface area contributed by atoms with Crippen molar-refractivity contribution in [3.05, 3.63) is 35.6 Å². The Bertz CT molecular complexity index is 542. The summed E-state index contributed by atoms with van der Waals surface area (Å²) in [6.07, 6.45) is 1.64. The van der Waals surface area contributed by atoms with Crippen LogP contribution in [0.4, 0.5) is 4.39 Å². The lowest BCUT2D eigenvalue weighted by Gasteiger charge is -2.35. The number of halogens is 1. The molecule has 2 atom stereocenters. The van der Waals surface area contributed by atoms with Gasteiger partial charge in [-0.15, -0.1) is 0 Å². The summed E-state index contributed by atoms with van der Waals surface area (Å²) in [5.41, 5.74) is 0.607. The van der Waals surface area contributed by atoms with E-state index < -0.39 is 0 Å². The van der Waals surface area contributed by atoms with E-state index in [1.54, 1.807) is 12.1 Å². The fraction of sp³-hybridized carbons (Fsp3) is 0.632. The molecule has 1 heterocycles. The third-order valence-electron chi connectivity index (χ3n) is 4.15. The molecule has 2 unspecified atom stereocenters. The van der Waals surface area contributed by atoms with Crippen molar-refractivity contribution in [2.75, 3.05) is 32.7 Å². The van der Waals surface area contributed by atoms with Crippen molar-refractivity contribution < 1.29 is 9.13 Å². The molecule has 0 amide bonds. The van der Waals surface area contributed by atoms with Crippen molar-refractivity contribution in [1.82, 2.24) is 15.5 Å². The number of nitrogens with zero attached hydrogens (tertiary/aromatic N) is 2. The van der Waals surface area contributed by atoms with Crippen LogP contribution in [0.1, 0.15) is 32.8 Å². The van der Waals surface area contributed by atoms with Gasteiger partial charge in [0.1, 0.15) is 5.82 Å². The van der Waals surface area contributed by atoms with Crippen LogP contribution in [-0.4, -0.2) is 55.8 Å². The third-order valence-corrected chi connectivity index (χ3v) is 4.15. The third kappa shape index (κ3) is 7.00. The molecule has 0 radical (unpaired) electrons. The summed E-state index contributed by atoms with van der Waals surface area (Å²) in [6.45, 7) is 11.2. The maximum absolute atomic E-state index is 13.7. The topological polar surface area (TPSA) is 48.9 Å². The number of ether oxygens (including phenoxy) is 1. The second-order valence-electron chi connectivity index (χ2n) is 6.58. The number of nitrogens with one attached hydrogen (secondary N) is 2. The van der Waals surface area contributed by atoms with Gasteiger partial charge in [0.15, 0.2) is 5.96 Å². The van der Waals surface area contributed by atoms with E-state index in [2.05, 4.69) is 34.4 Å². The molecule has 6 heteroatoms. The molecule has 1 saturated heterocycles. The van der Waals surface area contributed by atoms with Gasteiger partial charge >= 0.3 is 0 Å². The van der Waals surface area contributed by atoms with Gasteiger partial charge in [-0.2, -0.15) is 0 Å². The molecule has 1 aromatic rings. The second-order valence-corrected chi connectivity index (χ2v) is 6.58. The molecule has 2 rings (SSSR count). The van der Waals surface area contributed by atoms with E-state index in [1.165, 1.54) is 6.07 Å². The normalized spacial score (nSPS) is 22.0. The van der Waals surface area contributed by atoms with Crippen molar-refractivity contribution in [2.24, 2.45) is 4.99 Å². The molecule has 1 aliphatic heterocycles. The van der Waals surface area contributed by atoms with E-state index in [-0.39, 0.29) is 5.82 Å². The van der Waals surface area contributed by atoms with Crippen molar-refractivity contribution in [2.45, 2.75) is 45.9 Å². The van der Waals surface area contributed by atoms with Crippen LogP contribution >= 0.6 is 0 Å². The van der Waals surface area contributed by atoms with E-state index in [0.29, 0.717) is 24.3 Å². The molecule has 0 aliphatic carbocycles. The first-order chi connectivity index (χ1) is 12.1. The van der Waals surface area contributed by atoms with Crippen LogP contribution in [0, 0.1) is 5.82 Å². The number of guanidine groups is 1. The first-order valence-corrected chi connectivity index (χ1v) is 9.22. The summed E-state index contributed by atoms with van der Waals surface area (Å²) < 4.78 is 19.4. The first-order valence-electron chi connectivity index (χ1n) is 9.22. The largest absolute Gasteiger partial charge is 0.373 e. The number of hydrogen-bond donors (Lipinski definition) is 2. The van der Waals surface area contributed by atoms with Gasteiger partial charge in [0, 0.05) is 38.3 Å². The first kappa shape index (κ1) is 19.7. The number of hydrogen-bond acceptors (Lipinski definition) is 3. The van der Waals surface area contributed by atoms with Crippen LogP contribution in [0.15, 0.2) is 29.3 Å². The van der Waals surface area contributed by atoms with E-state index >= 15 is 0 Å². The van der Waals surface area contributed by atoms with E-state index in [1.807, 2.05) is 13.0 Å². The Hall–Kier alpha value is -1.66. The van der Waals surface area contributed by atoms with Crippen molar-refractivity contribution >= 4 is 5.96 Å². The highest BCUT2D eigenvalue weighted by Gasteiger charge is 2.21. The van der Waals surface area contributed by atoms with Crippen LogP contribution in [0.2, 0.25) is 0 Å². The Balaban J connectivity index is 1.75. The van der Waals surface area contributed by atoms with Gasteiger partial charge < -0.3 is 15.4 Å². The Kier molecular flexibility index (Phi) is 8.15. The Morgan fingerprint density at radius 1 is 1.24 bits per heavy atom. The molecular weight excluding hydrogens is 319 g/mol. The minimum absolute atomic E-state index is 0.211. The summed E-state index contributed by atoms with van der Waals surface area (Å²) in [6, 6.07) is 6.76. The minimum Gasteiger partial charge on any atom is -0.373 e. The fourth-order valence-electron chi connectivity index (χ4n) is 3.11. The van der Waals surface area contributed by atoms with Crippen molar-refractivity contribution in [3.8, 4) is 0 Å². The molecule has 0 aromatic heterocycles. The molecule has 140 valence electrons. The Morgan fingerprint density at radius 2 is 1.96 bits per heavy atom. The van der Waals surface area contributed by atoms with Crippen molar-refractivity contribution in [1.29, 1.82) is 0 Å². The Labute approximate surface area is 150 Å². The summed E-state index contributed by atoms with van der Waals surface area (Å²) >= 11 is 0. The lowest BCUT2D eigenvalue weighted by molar-refractivity contribution is -0.0679. The second kappa shape index (κ2) is 10.4. The monoisotopic (exact) mass is 350 g/mol. The quantitative estimate of drug-likeness (QED) is 0.450. The maximum atomic E-state index is 13.7. The average molecular weight is 350 g/mol. The summed E-state index contributed by atoms with van der Waals surface area (Å²) in [7, 11) is 0. The molecule has 1 fully saturated rings. The van der Waals surface area contributed by atoms with E-state index in [0.717, 1.165) is 45.1 Å². The van der Waals surface area contributed by atoms with Gasteiger partial charge in [-0.3, -0.25) is 4.90 Å². The summed E-state index contributed by atoms with van der Waals surface area (Å²) in [4.78, 5) is 6.92. The van der Waals surface area contributed by atoms with E-state index in [9.17, 15) is 4.39 Å². The van der Waals surface area contributed by atoms with Gasteiger partial charge in [0.2, 0.25) is 0 Å². The molecule has 1 aromatic carbocycles. The number of benzene rings is 1. The predicted octanol–water partition coefficient (Wildman–Crippen LogP) is 2.38. The standard InChI is InChI=1S/C19H31FN4O/c1-4-21-19(23-12-17-8-5-6-9-18(17)20)22-10-7-11-24-13-15(2)25-16(3)14-24/h5-6,8-9,15-16H,4,7,10-14H2,1-3H3,(H2,21,22,23). The molecule has 0 bridgehead atoms. The highest BCUT2D eigenvalue weighted by molar-refractivity contribution is 5.79. The average Bonchev–Trinajstić information content (AvgIpc) is 2.57. The zero-order chi connectivity index (χ0) is 18.1.